The molecular weight excluding hydrogens is 259 g/mol. The van der Waals surface area contributed by atoms with Crippen LogP contribution >= 0.6 is 0 Å². The predicted octanol–water partition coefficient (Wildman–Crippen LogP) is 2.15. The molecule has 0 spiro atoms. The van der Waals surface area contributed by atoms with Crippen LogP contribution in [-0.4, -0.2) is 36.7 Å². The van der Waals surface area contributed by atoms with Crippen molar-refractivity contribution >= 4 is 6.09 Å². The highest BCUT2D eigenvalue weighted by atomic mass is 19.1. The van der Waals surface area contributed by atoms with Crippen molar-refractivity contribution in [3.8, 4) is 0 Å². The van der Waals surface area contributed by atoms with Gasteiger partial charge in [0.1, 0.15) is 12.4 Å². The Balaban J connectivity index is 1.75. The first-order valence-corrected chi connectivity index (χ1v) is 7.13. The molecule has 2 heterocycles. The maximum Gasteiger partial charge on any atom is 0.410 e. The molecule has 0 aliphatic carbocycles. The van der Waals surface area contributed by atoms with Crippen molar-refractivity contribution in [2.45, 2.75) is 25.4 Å². The summed E-state index contributed by atoms with van der Waals surface area (Å²) in [6.45, 7) is 2.63. The average molecular weight is 278 g/mol. The Morgan fingerprint density at radius 2 is 2.25 bits per heavy atom. The van der Waals surface area contributed by atoms with Crippen LogP contribution in [0.1, 0.15) is 18.4 Å². The van der Waals surface area contributed by atoms with E-state index in [0.29, 0.717) is 18.1 Å². The highest BCUT2D eigenvalue weighted by Crippen LogP contribution is 2.26. The normalized spacial score (nSPS) is 26.6. The lowest BCUT2D eigenvalue weighted by Crippen LogP contribution is -2.45. The van der Waals surface area contributed by atoms with Crippen molar-refractivity contribution in [2.75, 3.05) is 19.7 Å². The zero-order valence-electron chi connectivity index (χ0n) is 11.3. The minimum absolute atomic E-state index is 0.0508. The van der Waals surface area contributed by atoms with Crippen LogP contribution in [0.4, 0.5) is 9.18 Å². The van der Waals surface area contributed by atoms with Crippen molar-refractivity contribution in [2.24, 2.45) is 5.92 Å². The third-order valence-electron chi connectivity index (χ3n) is 4.19. The van der Waals surface area contributed by atoms with E-state index in [9.17, 15) is 9.18 Å². The molecule has 1 aromatic carbocycles. The maximum absolute atomic E-state index is 13.7. The third-order valence-corrected chi connectivity index (χ3v) is 4.19. The van der Waals surface area contributed by atoms with Crippen LogP contribution in [-0.2, 0) is 11.3 Å². The summed E-state index contributed by atoms with van der Waals surface area (Å²) < 4.78 is 18.9. The van der Waals surface area contributed by atoms with Gasteiger partial charge in [0.25, 0.3) is 0 Å². The Morgan fingerprint density at radius 3 is 3.00 bits per heavy atom. The fraction of sp³-hybridized carbons (Fsp3) is 0.533. The van der Waals surface area contributed by atoms with E-state index in [1.165, 1.54) is 6.07 Å². The molecule has 1 aromatic rings. The maximum atomic E-state index is 13.7. The number of hydrogen-bond acceptors (Lipinski definition) is 3. The van der Waals surface area contributed by atoms with Gasteiger partial charge < -0.3 is 10.1 Å². The summed E-state index contributed by atoms with van der Waals surface area (Å²) in [5.41, 5.74) is 0.542. The fourth-order valence-corrected chi connectivity index (χ4v) is 3.05. The fourth-order valence-electron chi connectivity index (χ4n) is 3.05. The molecule has 2 saturated heterocycles. The molecule has 3 rings (SSSR count). The van der Waals surface area contributed by atoms with Crippen molar-refractivity contribution < 1.29 is 13.9 Å². The predicted molar refractivity (Wildman–Crippen MR) is 72.7 cm³/mol. The standard InChI is InChI=1S/C15H19FN2O2/c16-13-6-2-1-4-12(13)9-18-14(10-20-15(18)19)11-5-3-7-17-8-11/h1-2,4,6,11,14,17H,3,5,7-10H2. The van der Waals surface area contributed by atoms with Gasteiger partial charge in [-0.1, -0.05) is 18.2 Å². The van der Waals surface area contributed by atoms with Gasteiger partial charge in [0, 0.05) is 12.1 Å². The molecule has 108 valence electrons. The number of carbonyl (C=O) groups excluding carboxylic acids is 1. The lowest BCUT2D eigenvalue weighted by atomic mass is 9.91. The number of carbonyl (C=O) groups is 1. The Kier molecular flexibility index (Phi) is 3.87. The number of hydrogen-bond donors (Lipinski definition) is 1. The Bertz CT molecular complexity index is 489. The Morgan fingerprint density at radius 1 is 1.40 bits per heavy atom. The van der Waals surface area contributed by atoms with E-state index < -0.39 is 0 Å². The number of nitrogens with zero attached hydrogens (tertiary/aromatic N) is 1. The van der Waals surface area contributed by atoms with Crippen molar-refractivity contribution in [1.82, 2.24) is 10.2 Å². The molecule has 2 atom stereocenters. The summed E-state index contributed by atoms with van der Waals surface area (Å²) in [7, 11) is 0. The molecular formula is C15H19FN2O2. The minimum Gasteiger partial charge on any atom is -0.447 e. The zero-order chi connectivity index (χ0) is 13.9. The van der Waals surface area contributed by atoms with E-state index in [2.05, 4.69) is 5.32 Å². The first-order valence-electron chi connectivity index (χ1n) is 7.13. The second kappa shape index (κ2) is 5.79. The summed E-state index contributed by atoms with van der Waals surface area (Å²) in [4.78, 5) is 13.6. The largest absolute Gasteiger partial charge is 0.447 e. The molecule has 20 heavy (non-hydrogen) atoms. The quantitative estimate of drug-likeness (QED) is 0.921. The number of piperidine rings is 1. The number of ether oxygens (including phenoxy) is 1. The molecule has 0 aromatic heterocycles. The van der Waals surface area contributed by atoms with Crippen LogP contribution in [0, 0.1) is 11.7 Å². The molecule has 2 unspecified atom stereocenters. The molecule has 0 radical (unpaired) electrons. The van der Waals surface area contributed by atoms with E-state index >= 15 is 0 Å². The van der Waals surface area contributed by atoms with Gasteiger partial charge in [-0.25, -0.2) is 9.18 Å². The SMILES string of the molecule is O=C1OCC(C2CCCNC2)N1Cc1ccccc1F. The molecule has 2 aliphatic heterocycles. The van der Waals surface area contributed by atoms with E-state index in [1.807, 2.05) is 0 Å². The average Bonchev–Trinajstić information content (AvgIpc) is 2.84. The highest BCUT2D eigenvalue weighted by molar-refractivity contribution is 5.70. The molecule has 0 saturated carbocycles. The first kappa shape index (κ1) is 13.4. The van der Waals surface area contributed by atoms with Crippen molar-refractivity contribution in [1.29, 1.82) is 0 Å². The first-order chi connectivity index (χ1) is 9.75. The van der Waals surface area contributed by atoms with E-state index in [1.54, 1.807) is 23.1 Å². The number of cyclic esters (lactones) is 1. The van der Waals surface area contributed by atoms with Gasteiger partial charge in [-0.3, -0.25) is 4.90 Å². The topological polar surface area (TPSA) is 41.6 Å². The molecule has 1 amide bonds. The van der Waals surface area contributed by atoms with Gasteiger partial charge >= 0.3 is 6.09 Å². The zero-order valence-corrected chi connectivity index (χ0v) is 11.3. The summed E-state index contributed by atoms with van der Waals surface area (Å²) in [6.07, 6.45) is 1.87. The Hall–Kier alpha value is -1.62. The second-order valence-electron chi connectivity index (χ2n) is 5.47. The smallest absolute Gasteiger partial charge is 0.410 e. The monoisotopic (exact) mass is 278 g/mol. The summed E-state index contributed by atoms with van der Waals surface area (Å²) in [5, 5.41) is 3.35. The second-order valence-corrected chi connectivity index (χ2v) is 5.47. The Labute approximate surface area is 117 Å². The van der Waals surface area contributed by atoms with E-state index in [-0.39, 0.29) is 24.5 Å². The van der Waals surface area contributed by atoms with Crippen LogP contribution in [0.2, 0.25) is 0 Å². The summed E-state index contributed by atoms with van der Waals surface area (Å²) >= 11 is 0. The van der Waals surface area contributed by atoms with Crippen molar-refractivity contribution in [3.63, 3.8) is 0 Å². The minimum atomic E-state index is -0.330. The molecule has 2 fully saturated rings. The van der Waals surface area contributed by atoms with E-state index in [4.69, 9.17) is 4.74 Å². The molecule has 0 bridgehead atoms. The van der Waals surface area contributed by atoms with Gasteiger partial charge in [0.2, 0.25) is 0 Å². The molecule has 4 nitrogen and oxygen atoms in total. The highest BCUT2D eigenvalue weighted by Gasteiger charge is 2.38. The van der Waals surface area contributed by atoms with Crippen LogP contribution in [0.25, 0.3) is 0 Å². The van der Waals surface area contributed by atoms with Gasteiger partial charge in [-0.05, 0) is 31.4 Å². The number of nitrogens with one attached hydrogen (secondary N) is 1. The van der Waals surface area contributed by atoms with Gasteiger partial charge in [0.15, 0.2) is 0 Å². The number of amides is 1. The lowest BCUT2D eigenvalue weighted by molar-refractivity contribution is 0.151. The van der Waals surface area contributed by atoms with Crippen LogP contribution in [0.15, 0.2) is 24.3 Å². The number of benzene rings is 1. The van der Waals surface area contributed by atoms with E-state index in [0.717, 1.165) is 25.9 Å². The van der Waals surface area contributed by atoms with Crippen LogP contribution in [0.5, 0.6) is 0 Å². The molecule has 1 N–H and O–H groups in total. The summed E-state index contributed by atoms with van der Waals surface area (Å²) in [5.74, 6) is 0.120. The molecule has 5 heteroatoms. The number of rotatable bonds is 3. The van der Waals surface area contributed by atoms with Gasteiger partial charge in [-0.2, -0.15) is 0 Å². The van der Waals surface area contributed by atoms with Gasteiger partial charge in [-0.15, -0.1) is 0 Å². The van der Waals surface area contributed by atoms with Crippen LogP contribution in [0.3, 0.4) is 0 Å². The van der Waals surface area contributed by atoms with Crippen molar-refractivity contribution in [3.05, 3.63) is 35.6 Å². The third kappa shape index (κ3) is 2.63. The van der Waals surface area contributed by atoms with Crippen LogP contribution < -0.4 is 5.32 Å². The summed E-state index contributed by atoms with van der Waals surface area (Å²) in [6, 6.07) is 6.64. The number of halogens is 1. The van der Waals surface area contributed by atoms with Gasteiger partial charge in [0.05, 0.1) is 12.6 Å². The molecule has 2 aliphatic rings. The lowest BCUT2D eigenvalue weighted by Gasteiger charge is -2.32.